The van der Waals surface area contributed by atoms with Crippen molar-refractivity contribution in [3.8, 4) is 0 Å². The summed E-state index contributed by atoms with van der Waals surface area (Å²) in [6.45, 7) is 1.78. The van der Waals surface area contributed by atoms with Crippen molar-refractivity contribution in [3.63, 3.8) is 0 Å². The number of hydrogen-bond donors (Lipinski definition) is 1. The van der Waals surface area contributed by atoms with Crippen molar-refractivity contribution in [2.45, 2.75) is 25.9 Å². The number of anilines is 1. The highest BCUT2D eigenvalue weighted by Gasteiger charge is 2.31. The monoisotopic (exact) mass is 331 g/mol. The molecule has 0 spiro atoms. The minimum absolute atomic E-state index is 0.0511. The highest BCUT2D eigenvalue weighted by atomic mass is 35.5. The van der Waals surface area contributed by atoms with Crippen LogP contribution in [0.2, 0.25) is 5.02 Å². The second-order valence-electron chi connectivity index (χ2n) is 4.75. The summed E-state index contributed by atoms with van der Waals surface area (Å²) in [6.07, 6.45) is -4.05. The molecule has 1 N–H and O–H groups in total. The molecule has 2 aromatic rings. The summed E-state index contributed by atoms with van der Waals surface area (Å²) in [4.78, 5) is 11.8. The highest BCUT2D eigenvalue weighted by molar-refractivity contribution is 6.33. The molecule has 0 radical (unpaired) electrons. The first-order chi connectivity index (χ1) is 10.3. The van der Waals surface area contributed by atoms with Gasteiger partial charge in [0.2, 0.25) is 5.91 Å². The fraction of sp³-hybridized carbons (Fsp3) is 0.267. The van der Waals surface area contributed by atoms with Crippen molar-refractivity contribution in [2.75, 3.05) is 5.32 Å². The van der Waals surface area contributed by atoms with E-state index < -0.39 is 17.6 Å². The molecule has 1 amide bonds. The van der Waals surface area contributed by atoms with Crippen LogP contribution >= 0.6 is 11.6 Å². The summed E-state index contributed by atoms with van der Waals surface area (Å²) in [5, 5.41) is 2.44. The first-order valence-corrected chi connectivity index (χ1v) is 6.85. The molecule has 7 heteroatoms. The van der Waals surface area contributed by atoms with Crippen molar-refractivity contribution >= 4 is 23.2 Å². The molecule has 0 fully saturated rings. The Morgan fingerprint density at radius 2 is 2.00 bits per heavy atom. The van der Waals surface area contributed by atoms with Crippen LogP contribution in [-0.2, 0) is 17.4 Å². The van der Waals surface area contributed by atoms with Crippen LogP contribution < -0.4 is 5.32 Å². The van der Waals surface area contributed by atoms with Gasteiger partial charge in [-0.2, -0.15) is 13.2 Å². The lowest BCUT2D eigenvalue weighted by molar-refractivity contribution is -0.137. The van der Waals surface area contributed by atoms with E-state index in [4.69, 9.17) is 16.0 Å². The molecular formula is C15H13ClF3NO2. The molecule has 0 saturated heterocycles. The molecule has 2 rings (SSSR count). The lowest BCUT2D eigenvalue weighted by atomic mass is 10.2. The van der Waals surface area contributed by atoms with Crippen LogP contribution in [0.25, 0.3) is 0 Å². The van der Waals surface area contributed by atoms with Crippen LogP contribution in [-0.4, -0.2) is 5.91 Å². The van der Waals surface area contributed by atoms with Crippen molar-refractivity contribution in [3.05, 3.63) is 52.4 Å². The molecule has 118 valence electrons. The fourth-order valence-electron chi connectivity index (χ4n) is 1.87. The van der Waals surface area contributed by atoms with E-state index in [1.54, 1.807) is 19.1 Å². The Balaban J connectivity index is 2.01. The second-order valence-corrected chi connectivity index (χ2v) is 5.16. The molecule has 0 saturated carbocycles. The zero-order valence-corrected chi connectivity index (χ0v) is 12.4. The molecule has 1 aromatic carbocycles. The normalized spacial score (nSPS) is 11.5. The summed E-state index contributed by atoms with van der Waals surface area (Å²) in [5.41, 5.74) is -0.925. The van der Waals surface area contributed by atoms with Crippen molar-refractivity contribution in [1.29, 1.82) is 0 Å². The molecular weight excluding hydrogens is 319 g/mol. The smallest absolute Gasteiger partial charge is 0.416 e. The molecule has 0 aliphatic rings. The van der Waals surface area contributed by atoms with E-state index in [9.17, 15) is 18.0 Å². The first-order valence-electron chi connectivity index (χ1n) is 6.47. The Morgan fingerprint density at radius 3 is 2.59 bits per heavy atom. The standard InChI is InChI=1S/C15H13ClF3NO2/c1-9-2-4-11(22-9)5-7-14(21)20-13-8-10(15(17,18)19)3-6-12(13)16/h2-4,6,8H,5,7H2,1H3,(H,20,21). The highest BCUT2D eigenvalue weighted by Crippen LogP contribution is 2.33. The minimum Gasteiger partial charge on any atom is -0.466 e. The van der Waals surface area contributed by atoms with Crippen LogP contribution in [0.1, 0.15) is 23.5 Å². The number of halogens is 4. The number of benzene rings is 1. The van der Waals surface area contributed by atoms with E-state index in [0.717, 1.165) is 24.0 Å². The number of carbonyl (C=O) groups is 1. The number of amides is 1. The van der Waals surface area contributed by atoms with Gasteiger partial charge in [-0.15, -0.1) is 0 Å². The van der Waals surface area contributed by atoms with E-state index in [2.05, 4.69) is 5.32 Å². The third kappa shape index (κ3) is 4.27. The summed E-state index contributed by atoms with van der Waals surface area (Å²) < 4.78 is 43.2. The van der Waals surface area contributed by atoms with Gasteiger partial charge < -0.3 is 9.73 Å². The Kier molecular flexibility index (Phi) is 4.81. The SMILES string of the molecule is Cc1ccc(CCC(=O)Nc2cc(C(F)(F)F)ccc2Cl)o1. The van der Waals surface area contributed by atoms with Gasteiger partial charge in [-0.1, -0.05) is 11.6 Å². The Morgan fingerprint density at radius 1 is 1.27 bits per heavy atom. The zero-order valence-electron chi connectivity index (χ0n) is 11.6. The van der Waals surface area contributed by atoms with Gasteiger partial charge >= 0.3 is 6.18 Å². The number of carbonyl (C=O) groups excluding carboxylic acids is 1. The third-order valence-electron chi connectivity index (χ3n) is 2.96. The molecule has 0 atom stereocenters. The molecule has 0 unspecified atom stereocenters. The number of alkyl halides is 3. The number of furan rings is 1. The Labute approximate surface area is 130 Å². The maximum Gasteiger partial charge on any atom is 0.416 e. The minimum atomic E-state index is -4.49. The van der Waals surface area contributed by atoms with Gasteiger partial charge in [-0.05, 0) is 37.3 Å². The summed E-state index contributed by atoms with van der Waals surface area (Å²) in [5.74, 6) is 0.939. The lowest BCUT2D eigenvalue weighted by Gasteiger charge is -2.11. The zero-order chi connectivity index (χ0) is 16.3. The quantitative estimate of drug-likeness (QED) is 0.871. The van der Waals surface area contributed by atoms with Gasteiger partial charge in [0.05, 0.1) is 16.3 Å². The number of rotatable bonds is 4. The molecule has 0 aliphatic heterocycles. The maximum absolute atomic E-state index is 12.6. The van der Waals surface area contributed by atoms with E-state index in [0.29, 0.717) is 12.2 Å². The van der Waals surface area contributed by atoms with E-state index in [1.807, 2.05) is 0 Å². The first kappa shape index (κ1) is 16.4. The van der Waals surface area contributed by atoms with E-state index in [1.165, 1.54) is 0 Å². The fourth-order valence-corrected chi connectivity index (χ4v) is 2.03. The Bertz CT molecular complexity index is 680. The van der Waals surface area contributed by atoms with Crippen LogP contribution in [0.5, 0.6) is 0 Å². The number of aryl methyl sites for hydroxylation is 2. The second kappa shape index (κ2) is 6.44. The van der Waals surface area contributed by atoms with Crippen LogP contribution in [0.15, 0.2) is 34.7 Å². The largest absolute Gasteiger partial charge is 0.466 e. The predicted molar refractivity (Wildman–Crippen MR) is 76.8 cm³/mol. The van der Waals surface area contributed by atoms with Gasteiger partial charge in [0.1, 0.15) is 11.5 Å². The lowest BCUT2D eigenvalue weighted by Crippen LogP contribution is -2.14. The molecule has 22 heavy (non-hydrogen) atoms. The van der Waals surface area contributed by atoms with Crippen molar-refractivity contribution < 1.29 is 22.4 Å². The van der Waals surface area contributed by atoms with Crippen molar-refractivity contribution in [2.24, 2.45) is 0 Å². The van der Waals surface area contributed by atoms with E-state index in [-0.39, 0.29) is 17.1 Å². The van der Waals surface area contributed by atoms with Crippen LogP contribution in [0, 0.1) is 6.92 Å². The van der Waals surface area contributed by atoms with Gasteiger partial charge in [0, 0.05) is 12.8 Å². The molecule has 0 bridgehead atoms. The van der Waals surface area contributed by atoms with Gasteiger partial charge in [0.25, 0.3) is 0 Å². The van der Waals surface area contributed by atoms with Crippen LogP contribution in [0.3, 0.4) is 0 Å². The predicted octanol–water partition coefficient (Wildman–Crippen LogP) is 4.83. The third-order valence-corrected chi connectivity index (χ3v) is 3.29. The average Bonchev–Trinajstić information content (AvgIpc) is 2.83. The average molecular weight is 332 g/mol. The van der Waals surface area contributed by atoms with Crippen LogP contribution in [0.4, 0.5) is 18.9 Å². The molecule has 0 aliphatic carbocycles. The summed E-state index contributed by atoms with van der Waals surface area (Å²) in [7, 11) is 0. The summed E-state index contributed by atoms with van der Waals surface area (Å²) in [6, 6.07) is 6.31. The number of nitrogens with one attached hydrogen (secondary N) is 1. The maximum atomic E-state index is 12.6. The van der Waals surface area contributed by atoms with Crippen molar-refractivity contribution in [1.82, 2.24) is 0 Å². The van der Waals surface area contributed by atoms with Gasteiger partial charge in [-0.3, -0.25) is 4.79 Å². The Hall–Kier alpha value is -1.95. The molecule has 1 aromatic heterocycles. The van der Waals surface area contributed by atoms with E-state index >= 15 is 0 Å². The van der Waals surface area contributed by atoms with Gasteiger partial charge in [0.15, 0.2) is 0 Å². The topological polar surface area (TPSA) is 42.2 Å². The summed E-state index contributed by atoms with van der Waals surface area (Å²) >= 11 is 5.81. The molecule has 1 heterocycles. The molecule has 3 nitrogen and oxygen atoms in total. The van der Waals surface area contributed by atoms with Gasteiger partial charge in [-0.25, -0.2) is 0 Å². The number of hydrogen-bond acceptors (Lipinski definition) is 2.